The van der Waals surface area contributed by atoms with Gasteiger partial charge in [-0.25, -0.2) is 0 Å². The van der Waals surface area contributed by atoms with Crippen LogP contribution in [-0.2, 0) is 9.59 Å². The summed E-state index contributed by atoms with van der Waals surface area (Å²) in [6.45, 7) is 6.33. The highest BCUT2D eigenvalue weighted by atomic mass is 16.5. The number of nitrogens with one attached hydrogen (secondary N) is 1. The summed E-state index contributed by atoms with van der Waals surface area (Å²) in [6, 6.07) is 15.3. The van der Waals surface area contributed by atoms with E-state index >= 15 is 0 Å². The quantitative estimate of drug-likeness (QED) is 0.845. The van der Waals surface area contributed by atoms with Gasteiger partial charge in [-0.1, -0.05) is 30.3 Å². The second-order valence-electron chi connectivity index (χ2n) is 7.54. The average molecular weight is 364 g/mol. The first-order chi connectivity index (χ1) is 12.9. The standard InChI is InChI=1S/C22H24N2O3/c1-4-24-21(26)19(20(25)23-15-9-7-8-14(2)12-15)17-13-22(24,3)27-18-11-6-5-10-16(17)18/h5-12,17,19H,4,13H2,1-3H3,(H,23,25)/t17-,19-,22+/m1/s1. The fourth-order valence-electron chi connectivity index (χ4n) is 4.44. The minimum atomic E-state index is -0.761. The number of piperidine rings is 1. The summed E-state index contributed by atoms with van der Waals surface area (Å²) in [5, 5.41) is 2.95. The second kappa shape index (κ2) is 6.41. The Morgan fingerprint density at radius 3 is 2.78 bits per heavy atom. The summed E-state index contributed by atoms with van der Waals surface area (Å²) in [7, 11) is 0. The smallest absolute Gasteiger partial charge is 0.238 e. The number of para-hydroxylation sites is 1. The van der Waals surface area contributed by atoms with Crippen LogP contribution in [0.4, 0.5) is 5.69 Å². The molecule has 140 valence electrons. The molecule has 0 radical (unpaired) electrons. The molecule has 5 heteroatoms. The zero-order valence-corrected chi connectivity index (χ0v) is 15.9. The minimum absolute atomic E-state index is 0.170. The van der Waals surface area contributed by atoms with Crippen molar-refractivity contribution in [1.82, 2.24) is 4.90 Å². The monoisotopic (exact) mass is 364 g/mol. The number of rotatable bonds is 3. The van der Waals surface area contributed by atoms with E-state index in [2.05, 4.69) is 5.32 Å². The maximum Gasteiger partial charge on any atom is 0.238 e. The first-order valence-corrected chi connectivity index (χ1v) is 9.40. The zero-order chi connectivity index (χ0) is 19.2. The topological polar surface area (TPSA) is 58.6 Å². The van der Waals surface area contributed by atoms with Gasteiger partial charge in [0.05, 0.1) is 0 Å². The van der Waals surface area contributed by atoms with Gasteiger partial charge in [0.1, 0.15) is 11.7 Å². The largest absolute Gasteiger partial charge is 0.468 e. The van der Waals surface area contributed by atoms with Crippen molar-refractivity contribution in [3.8, 4) is 5.75 Å². The lowest BCUT2D eigenvalue weighted by atomic mass is 9.73. The molecule has 0 aliphatic carbocycles. The molecule has 27 heavy (non-hydrogen) atoms. The van der Waals surface area contributed by atoms with Crippen LogP contribution in [0.3, 0.4) is 0 Å². The third-order valence-corrected chi connectivity index (χ3v) is 5.64. The van der Waals surface area contributed by atoms with E-state index in [1.807, 2.05) is 69.3 Å². The number of aryl methyl sites for hydroxylation is 1. The van der Waals surface area contributed by atoms with Crippen LogP contribution in [0.2, 0.25) is 0 Å². The predicted molar refractivity (Wildman–Crippen MR) is 104 cm³/mol. The highest BCUT2D eigenvalue weighted by Crippen LogP contribution is 2.50. The molecule has 5 nitrogen and oxygen atoms in total. The van der Waals surface area contributed by atoms with E-state index in [0.717, 1.165) is 16.9 Å². The fraction of sp³-hybridized carbons (Fsp3) is 0.364. The molecule has 2 bridgehead atoms. The predicted octanol–water partition coefficient (Wildman–Crippen LogP) is 3.69. The Labute approximate surface area is 159 Å². The van der Waals surface area contributed by atoms with Crippen molar-refractivity contribution in [2.45, 2.75) is 38.8 Å². The molecular formula is C22H24N2O3. The van der Waals surface area contributed by atoms with Gasteiger partial charge >= 0.3 is 0 Å². The van der Waals surface area contributed by atoms with Crippen molar-refractivity contribution in [3.63, 3.8) is 0 Å². The summed E-state index contributed by atoms with van der Waals surface area (Å²) in [5.41, 5.74) is 1.99. The molecule has 2 aromatic rings. The molecule has 2 aromatic carbocycles. The van der Waals surface area contributed by atoms with Gasteiger partial charge in [-0.3, -0.25) is 9.59 Å². The van der Waals surface area contributed by atoms with Crippen molar-refractivity contribution >= 4 is 17.5 Å². The van der Waals surface area contributed by atoms with Gasteiger partial charge in [-0.15, -0.1) is 0 Å². The van der Waals surface area contributed by atoms with E-state index in [4.69, 9.17) is 4.74 Å². The molecule has 2 heterocycles. The Bertz CT molecular complexity index is 910. The Hall–Kier alpha value is -2.82. The molecule has 2 amide bonds. The van der Waals surface area contributed by atoms with Crippen LogP contribution in [0.25, 0.3) is 0 Å². The number of amides is 2. The van der Waals surface area contributed by atoms with Crippen LogP contribution < -0.4 is 10.1 Å². The molecule has 0 saturated carbocycles. The van der Waals surface area contributed by atoms with Crippen LogP contribution in [0.15, 0.2) is 48.5 Å². The normalized spacial score (nSPS) is 26.2. The van der Waals surface area contributed by atoms with Gasteiger partial charge < -0.3 is 15.0 Å². The molecular weight excluding hydrogens is 340 g/mol. The van der Waals surface area contributed by atoms with Crippen LogP contribution in [0.5, 0.6) is 5.75 Å². The maximum atomic E-state index is 13.3. The van der Waals surface area contributed by atoms with E-state index < -0.39 is 11.6 Å². The van der Waals surface area contributed by atoms with Gasteiger partial charge in [0.15, 0.2) is 5.72 Å². The summed E-state index contributed by atoms with van der Waals surface area (Å²) in [6.07, 6.45) is 0.607. The maximum absolute atomic E-state index is 13.3. The number of likely N-dealkylation sites (tertiary alicyclic amines) is 1. The van der Waals surface area contributed by atoms with E-state index in [1.165, 1.54) is 0 Å². The summed E-state index contributed by atoms with van der Waals surface area (Å²) in [5.74, 6) is -0.622. The SMILES string of the molecule is CCN1C(=O)[C@@H](C(=O)Nc2cccc(C)c2)[C@@H]2C[C@]1(C)Oc1ccccc12. The lowest BCUT2D eigenvalue weighted by molar-refractivity contribution is -0.174. The number of hydrogen-bond acceptors (Lipinski definition) is 3. The van der Waals surface area contributed by atoms with Gasteiger partial charge in [0.25, 0.3) is 0 Å². The highest BCUT2D eigenvalue weighted by molar-refractivity contribution is 6.08. The number of ether oxygens (including phenoxy) is 1. The first kappa shape index (κ1) is 17.6. The minimum Gasteiger partial charge on any atom is -0.468 e. The van der Waals surface area contributed by atoms with Gasteiger partial charge in [0, 0.05) is 24.6 Å². The molecule has 2 aliphatic heterocycles. The number of carbonyl (C=O) groups excluding carboxylic acids is 2. The number of nitrogens with zero attached hydrogens (tertiary/aromatic N) is 1. The van der Waals surface area contributed by atoms with Gasteiger partial charge in [0.2, 0.25) is 11.8 Å². The van der Waals surface area contributed by atoms with Crippen molar-refractivity contribution in [2.24, 2.45) is 5.92 Å². The Kier molecular flexibility index (Phi) is 4.17. The van der Waals surface area contributed by atoms with Crippen molar-refractivity contribution in [3.05, 3.63) is 59.7 Å². The van der Waals surface area contributed by atoms with Crippen LogP contribution in [0, 0.1) is 12.8 Å². The lowest BCUT2D eigenvalue weighted by Crippen LogP contribution is -2.64. The Balaban J connectivity index is 1.73. The van der Waals surface area contributed by atoms with Crippen molar-refractivity contribution < 1.29 is 14.3 Å². The van der Waals surface area contributed by atoms with Crippen LogP contribution in [-0.4, -0.2) is 29.0 Å². The van der Waals surface area contributed by atoms with Crippen molar-refractivity contribution in [2.75, 3.05) is 11.9 Å². The molecule has 1 fully saturated rings. The molecule has 0 aromatic heterocycles. The van der Waals surface area contributed by atoms with Gasteiger partial charge in [-0.05, 0) is 50.1 Å². The highest BCUT2D eigenvalue weighted by Gasteiger charge is 2.55. The third-order valence-electron chi connectivity index (χ3n) is 5.64. The molecule has 2 aliphatic rings. The van der Waals surface area contributed by atoms with Crippen molar-refractivity contribution in [1.29, 1.82) is 0 Å². The number of anilines is 1. The molecule has 4 rings (SSSR count). The molecule has 0 spiro atoms. The Morgan fingerprint density at radius 1 is 1.26 bits per heavy atom. The van der Waals surface area contributed by atoms with Gasteiger partial charge in [-0.2, -0.15) is 0 Å². The third kappa shape index (κ3) is 2.87. The lowest BCUT2D eigenvalue weighted by Gasteiger charge is -2.52. The summed E-state index contributed by atoms with van der Waals surface area (Å²) >= 11 is 0. The molecule has 3 atom stereocenters. The van der Waals surface area contributed by atoms with Crippen LogP contribution >= 0.6 is 0 Å². The number of hydrogen-bond donors (Lipinski definition) is 1. The molecule has 1 N–H and O–H groups in total. The second-order valence-corrected chi connectivity index (χ2v) is 7.54. The van der Waals surface area contributed by atoms with E-state index in [9.17, 15) is 9.59 Å². The van der Waals surface area contributed by atoms with Crippen LogP contribution in [0.1, 0.15) is 37.3 Å². The van der Waals surface area contributed by atoms with E-state index in [0.29, 0.717) is 18.7 Å². The average Bonchev–Trinajstić information content (AvgIpc) is 2.61. The first-order valence-electron chi connectivity index (χ1n) is 9.40. The molecule has 0 unspecified atom stereocenters. The van der Waals surface area contributed by atoms with E-state index in [1.54, 1.807) is 4.90 Å². The summed E-state index contributed by atoms with van der Waals surface area (Å²) in [4.78, 5) is 28.1. The Morgan fingerprint density at radius 2 is 2.04 bits per heavy atom. The number of fused-ring (bicyclic) bond motifs is 4. The number of benzene rings is 2. The fourth-order valence-corrected chi connectivity index (χ4v) is 4.44. The molecule has 1 saturated heterocycles. The zero-order valence-electron chi connectivity index (χ0n) is 15.9. The summed E-state index contributed by atoms with van der Waals surface area (Å²) < 4.78 is 6.20. The number of carbonyl (C=O) groups is 2. The van der Waals surface area contributed by atoms with E-state index in [-0.39, 0.29) is 17.7 Å².